The van der Waals surface area contributed by atoms with Crippen molar-refractivity contribution in [3.8, 4) is 0 Å². The molecule has 2 N–H and O–H groups in total. The molecule has 2 heterocycles. The highest BCUT2D eigenvalue weighted by Crippen LogP contribution is 2.26. The molecule has 0 aliphatic rings. The SMILES string of the molecule is O=S(=O)(Nc1ccc(F)cc1F)c1c[nH]c2nc(Br)ccc12. The number of nitrogens with zero attached hydrogens (tertiary/aromatic N) is 1. The zero-order valence-electron chi connectivity index (χ0n) is 10.8. The summed E-state index contributed by atoms with van der Waals surface area (Å²) in [7, 11) is -4.04. The molecule has 2 aromatic heterocycles. The number of anilines is 1. The quantitative estimate of drug-likeness (QED) is 0.676. The standard InChI is InChI=1S/C13H8BrF2N3O2S/c14-12-4-2-8-11(6-17-13(8)18-12)22(20,21)19-10-3-1-7(15)5-9(10)16/h1-6,19H,(H,17,18). The average Bonchev–Trinajstić information content (AvgIpc) is 2.85. The Labute approximate surface area is 132 Å². The molecule has 3 aromatic rings. The number of rotatable bonds is 3. The molecule has 0 bridgehead atoms. The van der Waals surface area contributed by atoms with E-state index in [0.29, 0.717) is 21.7 Å². The number of nitrogens with one attached hydrogen (secondary N) is 2. The Morgan fingerprint density at radius 2 is 1.95 bits per heavy atom. The van der Waals surface area contributed by atoms with Gasteiger partial charge in [0, 0.05) is 17.6 Å². The van der Waals surface area contributed by atoms with Crippen LogP contribution in [0.5, 0.6) is 0 Å². The number of hydrogen-bond donors (Lipinski definition) is 2. The van der Waals surface area contributed by atoms with Gasteiger partial charge in [0.1, 0.15) is 26.8 Å². The number of aromatic nitrogens is 2. The summed E-state index contributed by atoms with van der Waals surface area (Å²) in [6.07, 6.45) is 1.26. The summed E-state index contributed by atoms with van der Waals surface area (Å²) in [5, 5.41) is 0.359. The normalized spacial score (nSPS) is 11.8. The van der Waals surface area contributed by atoms with Gasteiger partial charge in [-0.1, -0.05) is 0 Å². The fourth-order valence-corrected chi connectivity index (χ4v) is 3.49. The van der Waals surface area contributed by atoms with Crippen molar-refractivity contribution >= 4 is 42.7 Å². The van der Waals surface area contributed by atoms with Crippen molar-refractivity contribution in [2.75, 3.05) is 4.72 Å². The molecule has 22 heavy (non-hydrogen) atoms. The lowest BCUT2D eigenvalue weighted by molar-refractivity contribution is 0.583. The van der Waals surface area contributed by atoms with Gasteiger partial charge < -0.3 is 4.98 Å². The predicted molar refractivity (Wildman–Crippen MR) is 81.0 cm³/mol. The molecule has 0 unspecified atom stereocenters. The van der Waals surface area contributed by atoms with Crippen LogP contribution in [0.1, 0.15) is 0 Å². The molecule has 0 aliphatic carbocycles. The maximum atomic E-state index is 13.6. The van der Waals surface area contributed by atoms with E-state index in [4.69, 9.17) is 0 Å². The van der Waals surface area contributed by atoms with Crippen molar-refractivity contribution in [2.24, 2.45) is 0 Å². The summed E-state index contributed by atoms with van der Waals surface area (Å²) in [6.45, 7) is 0. The first-order valence-electron chi connectivity index (χ1n) is 5.98. The van der Waals surface area contributed by atoms with Gasteiger partial charge in [-0.25, -0.2) is 22.2 Å². The third-order valence-corrected chi connectivity index (χ3v) is 4.78. The van der Waals surface area contributed by atoms with E-state index in [-0.39, 0.29) is 10.6 Å². The smallest absolute Gasteiger partial charge is 0.264 e. The maximum Gasteiger partial charge on any atom is 0.264 e. The van der Waals surface area contributed by atoms with Crippen molar-refractivity contribution in [3.05, 3.63) is 52.8 Å². The number of pyridine rings is 1. The first-order valence-corrected chi connectivity index (χ1v) is 8.26. The minimum absolute atomic E-state index is 0.0776. The topological polar surface area (TPSA) is 74.8 Å². The number of H-pyrrole nitrogens is 1. The van der Waals surface area contributed by atoms with Gasteiger partial charge in [-0.2, -0.15) is 0 Å². The van der Waals surface area contributed by atoms with Crippen LogP contribution in [0.4, 0.5) is 14.5 Å². The Morgan fingerprint density at radius 1 is 1.18 bits per heavy atom. The molecule has 0 saturated heterocycles. The highest BCUT2D eigenvalue weighted by Gasteiger charge is 2.21. The monoisotopic (exact) mass is 387 g/mol. The molecule has 0 saturated carbocycles. The van der Waals surface area contributed by atoms with Gasteiger partial charge in [-0.05, 0) is 40.2 Å². The zero-order chi connectivity index (χ0) is 15.9. The van der Waals surface area contributed by atoms with E-state index < -0.39 is 21.7 Å². The van der Waals surface area contributed by atoms with Crippen LogP contribution < -0.4 is 4.72 Å². The predicted octanol–water partition coefficient (Wildman–Crippen LogP) is 3.40. The molecule has 114 valence electrons. The second-order valence-electron chi connectivity index (χ2n) is 4.41. The van der Waals surface area contributed by atoms with E-state index in [9.17, 15) is 17.2 Å². The van der Waals surface area contributed by atoms with Crippen molar-refractivity contribution in [1.82, 2.24) is 9.97 Å². The number of hydrogen-bond acceptors (Lipinski definition) is 3. The van der Waals surface area contributed by atoms with Gasteiger partial charge in [-0.3, -0.25) is 4.72 Å². The first-order chi connectivity index (χ1) is 10.4. The largest absolute Gasteiger partial charge is 0.345 e. The zero-order valence-corrected chi connectivity index (χ0v) is 13.2. The summed E-state index contributed by atoms with van der Waals surface area (Å²) in [5.41, 5.74) is 0.0372. The second kappa shape index (κ2) is 5.33. The van der Waals surface area contributed by atoms with Crippen LogP contribution in [0.2, 0.25) is 0 Å². The van der Waals surface area contributed by atoms with Crippen molar-refractivity contribution in [2.45, 2.75) is 4.90 Å². The lowest BCUT2D eigenvalue weighted by atomic mass is 10.3. The van der Waals surface area contributed by atoms with Crippen LogP contribution in [-0.4, -0.2) is 18.4 Å². The Kier molecular flexibility index (Phi) is 3.61. The summed E-state index contributed by atoms with van der Waals surface area (Å²) < 4.78 is 53.8. The Bertz CT molecular complexity index is 973. The van der Waals surface area contributed by atoms with Gasteiger partial charge in [0.2, 0.25) is 0 Å². The minimum atomic E-state index is -4.04. The van der Waals surface area contributed by atoms with Crippen molar-refractivity contribution in [1.29, 1.82) is 0 Å². The van der Waals surface area contributed by atoms with E-state index in [2.05, 4.69) is 30.6 Å². The molecule has 0 aliphatic heterocycles. The van der Waals surface area contributed by atoms with Gasteiger partial charge in [0.05, 0.1) is 5.69 Å². The van der Waals surface area contributed by atoms with E-state index >= 15 is 0 Å². The molecular formula is C13H8BrF2N3O2S. The molecular weight excluding hydrogens is 380 g/mol. The molecule has 0 amide bonds. The van der Waals surface area contributed by atoms with Crippen LogP contribution in [0.25, 0.3) is 11.0 Å². The second-order valence-corrected chi connectivity index (χ2v) is 6.88. The number of sulfonamides is 1. The Balaban J connectivity index is 2.05. The van der Waals surface area contributed by atoms with Crippen LogP contribution in [0.15, 0.2) is 46.0 Å². The summed E-state index contributed by atoms with van der Waals surface area (Å²) in [4.78, 5) is 6.74. The summed E-state index contributed by atoms with van der Waals surface area (Å²) in [6, 6.07) is 5.75. The lowest BCUT2D eigenvalue weighted by Gasteiger charge is -2.08. The molecule has 0 atom stereocenters. The number of benzene rings is 1. The third kappa shape index (κ3) is 2.69. The number of halogens is 3. The third-order valence-electron chi connectivity index (χ3n) is 2.93. The molecule has 0 fully saturated rings. The molecule has 0 radical (unpaired) electrons. The molecule has 0 spiro atoms. The fraction of sp³-hybridized carbons (Fsp3) is 0. The number of aromatic amines is 1. The van der Waals surface area contributed by atoms with Gasteiger partial charge >= 0.3 is 0 Å². The molecule has 5 nitrogen and oxygen atoms in total. The van der Waals surface area contributed by atoms with E-state index in [0.717, 1.165) is 12.1 Å². The number of fused-ring (bicyclic) bond motifs is 1. The molecule has 3 rings (SSSR count). The summed E-state index contributed by atoms with van der Waals surface area (Å²) in [5.74, 6) is -1.79. The Morgan fingerprint density at radius 3 is 2.68 bits per heavy atom. The van der Waals surface area contributed by atoms with E-state index in [1.807, 2.05) is 0 Å². The van der Waals surface area contributed by atoms with E-state index in [1.165, 1.54) is 6.20 Å². The van der Waals surface area contributed by atoms with Crippen LogP contribution in [0.3, 0.4) is 0 Å². The van der Waals surface area contributed by atoms with E-state index in [1.54, 1.807) is 12.1 Å². The maximum absolute atomic E-state index is 13.6. The lowest BCUT2D eigenvalue weighted by Crippen LogP contribution is -2.13. The first kappa shape index (κ1) is 14.9. The fourth-order valence-electron chi connectivity index (χ4n) is 1.95. The highest BCUT2D eigenvalue weighted by atomic mass is 79.9. The summed E-state index contributed by atoms with van der Waals surface area (Å²) >= 11 is 3.18. The molecule has 9 heteroatoms. The average molecular weight is 388 g/mol. The van der Waals surface area contributed by atoms with Gasteiger partial charge in [0.15, 0.2) is 0 Å². The van der Waals surface area contributed by atoms with Crippen LogP contribution >= 0.6 is 15.9 Å². The molecule has 1 aromatic carbocycles. The Hall–Kier alpha value is -2.00. The minimum Gasteiger partial charge on any atom is -0.345 e. The van der Waals surface area contributed by atoms with Crippen LogP contribution in [-0.2, 0) is 10.0 Å². The van der Waals surface area contributed by atoms with Crippen molar-refractivity contribution in [3.63, 3.8) is 0 Å². The highest BCUT2D eigenvalue weighted by molar-refractivity contribution is 9.10. The van der Waals surface area contributed by atoms with Gasteiger partial charge in [0.25, 0.3) is 10.0 Å². The van der Waals surface area contributed by atoms with Gasteiger partial charge in [-0.15, -0.1) is 0 Å². The van der Waals surface area contributed by atoms with Crippen LogP contribution in [0, 0.1) is 11.6 Å². The van der Waals surface area contributed by atoms with Crippen molar-refractivity contribution < 1.29 is 17.2 Å².